The quantitative estimate of drug-likeness (QED) is 0.657. The Bertz CT molecular complexity index is 268. The molecule has 3 nitrogen and oxygen atoms in total. The normalized spacial score (nSPS) is 27.0. The molecule has 1 saturated carbocycles. The van der Waals surface area contributed by atoms with E-state index in [1.54, 1.807) is 7.11 Å². The van der Waals surface area contributed by atoms with Crippen molar-refractivity contribution in [2.45, 2.75) is 90.4 Å². The van der Waals surface area contributed by atoms with Gasteiger partial charge in [-0.3, -0.25) is 0 Å². The summed E-state index contributed by atoms with van der Waals surface area (Å²) in [6.45, 7) is 10.7. The molecule has 0 saturated heterocycles. The Morgan fingerprint density at radius 1 is 1.14 bits per heavy atom. The minimum Gasteiger partial charge on any atom is -0.379 e. The average molecular weight is 299 g/mol. The van der Waals surface area contributed by atoms with E-state index >= 15 is 0 Å². The molecule has 21 heavy (non-hydrogen) atoms. The first-order chi connectivity index (χ1) is 10.0. The molecule has 3 unspecified atom stereocenters. The van der Waals surface area contributed by atoms with Gasteiger partial charge in [-0.05, 0) is 58.4 Å². The van der Waals surface area contributed by atoms with Gasteiger partial charge in [-0.15, -0.1) is 0 Å². The third kappa shape index (κ3) is 7.12. The first-order valence-electron chi connectivity index (χ1n) is 8.92. The van der Waals surface area contributed by atoms with Crippen molar-refractivity contribution >= 4 is 0 Å². The monoisotopic (exact) mass is 299 g/mol. The maximum absolute atomic E-state index is 6.26. The van der Waals surface area contributed by atoms with Crippen LogP contribution < -0.4 is 5.32 Å². The largest absolute Gasteiger partial charge is 0.379 e. The van der Waals surface area contributed by atoms with E-state index in [1.807, 2.05) is 0 Å². The fourth-order valence-corrected chi connectivity index (χ4v) is 3.19. The van der Waals surface area contributed by atoms with Crippen LogP contribution in [0, 0.1) is 5.92 Å². The van der Waals surface area contributed by atoms with Crippen LogP contribution in [0.3, 0.4) is 0 Å². The van der Waals surface area contributed by atoms with Gasteiger partial charge in [0, 0.05) is 19.8 Å². The van der Waals surface area contributed by atoms with Crippen LogP contribution in [-0.4, -0.2) is 38.0 Å². The molecule has 0 spiro atoms. The van der Waals surface area contributed by atoms with Crippen molar-refractivity contribution in [2.24, 2.45) is 5.92 Å². The Morgan fingerprint density at radius 3 is 2.52 bits per heavy atom. The highest BCUT2D eigenvalue weighted by molar-refractivity contribution is 4.86. The van der Waals surface area contributed by atoms with Crippen molar-refractivity contribution in [3.63, 3.8) is 0 Å². The summed E-state index contributed by atoms with van der Waals surface area (Å²) in [5.41, 5.74) is -0.0795. The van der Waals surface area contributed by atoms with Gasteiger partial charge in [0.05, 0.1) is 11.7 Å². The summed E-state index contributed by atoms with van der Waals surface area (Å²) in [7, 11) is 1.78. The van der Waals surface area contributed by atoms with Gasteiger partial charge >= 0.3 is 0 Å². The fourth-order valence-electron chi connectivity index (χ4n) is 3.19. The lowest BCUT2D eigenvalue weighted by atomic mass is 9.81. The van der Waals surface area contributed by atoms with Gasteiger partial charge in [-0.25, -0.2) is 0 Å². The first-order valence-corrected chi connectivity index (χ1v) is 8.92. The van der Waals surface area contributed by atoms with E-state index in [-0.39, 0.29) is 5.60 Å². The molecular formula is C18H37NO2. The summed E-state index contributed by atoms with van der Waals surface area (Å²) in [6, 6.07) is 0.545. The van der Waals surface area contributed by atoms with E-state index in [9.17, 15) is 0 Å². The second kappa shape index (κ2) is 9.81. The zero-order valence-electron chi connectivity index (χ0n) is 14.9. The lowest BCUT2D eigenvalue weighted by molar-refractivity contribution is -0.0501. The molecule has 0 aromatic carbocycles. The van der Waals surface area contributed by atoms with E-state index in [2.05, 4.69) is 33.0 Å². The van der Waals surface area contributed by atoms with E-state index in [1.165, 1.54) is 38.5 Å². The van der Waals surface area contributed by atoms with E-state index in [0.29, 0.717) is 12.1 Å². The Kier molecular flexibility index (Phi) is 8.84. The third-order valence-electron chi connectivity index (χ3n) is 4.84. The van der Waals surface area contributed by atoms with Crippen LogP contribution >= 0.6 is 0 Å². The minimum absolute atomic E-state index is 0.0795. The third-order valence-corrected chi connectivity index (χ3v) is 4.84. The Labute approximate surface area is 132 Å². The summed E-state index contributed by atoms with van der Waals surface area (Å²) >= 11 is 0. The number of hydrogen-bond acceptors (Lipinski definition) is 3. The SMILES string of the molecule is CCCNC1CCC(CCC)CC1OCCC(C)(C)OC. The van der Waals surface area contributed by atoms with Crippen LogP contribution in [0.1, 0.15) is 72.6 Å². The Morgan fingerprint density at radius 2 is 1.90 bits per heavy atom. The first kappa shape index (κ1) is 18.9. The van der Waals surface area contributed by atoms with Crippen molar-refractivity contribution in [1.29, 1.82) is 0 Å². The molecule has 1 N–H and O–H groups in total. The van der Waals surface area contributed by atoms with E-state index in [4.69, 9.17) is 9.47 Å². The Balaban J connectivity index is 2.45. The number of hydrogen-bond donors (Lipinski definition) is 1. The molecule has 0 bridgehead atoms. The second-order valence-corrected chi connectivity index (χ2v) is 7.15. The lowest BCUT2D eigenvalue weighted by Crippen LogP contribution is -2.46. The molecule has 0 radical (unpaired) electrons. The lowest BCUT2D eigenvalue weighted by Gasteiger charge is -2.37. The standard InChI is InChI=1S/C18H37NO2/c1-6-8-15-9-10-16(19-12-7-2)17(14-15)21-13-11-18(3,4)20-5/h15-17,19H,6-14H2,1-5H3. The molecule has 1 aliphatic carbocycles. The second-order valence-electron chi connectivity index (χ2n) is 7.15. The van der Waals surface area contributed by atoms with Crippen LogP contribution in [0.4, 0.5) is 0 Å². The molecule has 1 fully saturated rings. The molecule has 0 aromatic heterocycles. The number of rotatable bonds is 10. The van der Waals surface area contributed by atoms with Crippen molar-refractivity contribution in [2.75, 3.05) is 20.3 Å². The van der Waals surface area contributed by atoms with Crippen molar-refractivity contribution in [1.82, 2.24) is 5.32 Å². The highest BCUT2D eigenvalue weighted by Gasteiger charge is 2.30. The van der Waals surface area contributed by atoms with Gasteiger partial charge in [-0.2, -0.15) is 0 Å². The predicted octanol–water partition coefficient (Wildman–Crippen LogP) is 4.16. The molecule has 1 rings (SSSR count). The number of nitrogens with one attached hydrogen (secondary N) is 1. The van der Waals surface area contributed by atoms with Crippen LogP contribution in [0.5, 0.6) is 0 Å². The molecule has 0 aliphatic heterocycles. The Hall–Kier alpha value is -0.120. The molecule has 3 atom stereocenters. The minimum atomic E-state index is -0.0795. The molecule has 3 heteroatoms. The molecule has 126 valence electrons. The molecular weight excluding hydrogens is 262 g/mol. The van der Waals surface area contributed by atoms with Gasteiger partial charge in [-0.1, -0.05) is 26.7 Å². The van der Waals surface area contributed by atoms with E-state index < -0.39 is 0 Å². The van der Waals surface area contributed by atoms with Crippen molar-refractivity contribution in [3.8, 4) is 0 Å². The van der Waals surface area contributed by atoms with Gasteiger partial charge in [0.1, 0.15) is 0 Å². The summed E-state index contributed by atoms with van der Waals surface area (Å²) in [5.74, 6) is 0.857. The van der Waals surface area contributed by atoms with Gasteiger partial charge < -0.3 is 14.8 Å². The van der Waals surface area contributed by atoms with Crippen molar-refractivity contribution < 1.29 is 9.47 Å². The molecule has 0 amide bonds. The van der Waals surface area contributed by atoms with E-state index in [0.717, 1.165) is 25.5 Å². The molecule has 0 aromatic rings. The fraction of sp³-hybridized carbons (Fsp3) is 1.00. The van der Waals surface area contributed by atoms with Gasteiger partial charge in [0.15, 0.2) is 0 Å². The van der Waals surface area contributed by atoms with Crippen molar-refractivity contribution in [3.05, 3.63) is 0 Å². The maximum atomic E-state index is 6.26. The zero-order valence-corrected chi connectivity index (χ0v) is 14.9. The average Bonchev–Trinajstić information content (AvgIpc) is 2.46. The van der Waals surface area contributed by atoms with Crippen LogP contribution in [0.25, 0.3) is 0 Å². The molecule has 1 aliphatic rings. The summed E-state index contributed by atoms with van der Waals surface area (Å²) in [6.07, 6.45) is 9.03. The van der Waals surface area contributed by atoms with Gasteiger partial charge in [0.25, 0.3) is 0 Å². The summed E-state index contributed by atoms with van der Waals surface area (Å²) in [5, 5.41) is 3.69. The zero-order chi connectivity index (χ0) is 15.7. The number of methoxy groups -OCH3 is 1. The topological polar surface area (TPSA) is 30.5 Å². The summed E-state index contributed by atoms with van der Waals surface area (Å²) in [4.78, 5) is 0. The van der Waals surface area contributed by atoms with Crippen LogP contribution in [-0.2, 0) is 9.47 Å². The van der Waals surface area contributed by atoms with Gasteiger partial charge in [0.2, 0.25) is 0 Å². The smallest absolute Gasteiger partial charge is 0.0730 e. The molecule has 0 heterocycles. The highest BCUT2D eigenvalue weighted by Crippen LogP contribution is 2.30. The number of ether oxygens (including phenoxy) is 2. The maximum Gasteiger partial charge on any atom is 0.0730 e. The van der Waals surface area contributed by atoms with Crippen LogP contribution in [0.15, 0.2) is 0 Å². The highest BCUT2D eigenvalue weighted by atomic mass is 16.5. The van der Waals surface area contributed by atoms with Crippen LogP contribution in [0.2, 0.25) is 0 Å². The predicted molar refractivity (Wildman–Crippen MR) is 89.8 cm³/mol. The summed E-state index contributed by atoms with van der Waals surface area (Å²) < 4.78 is 11.7.